The van der Waals surface area contributed by atoms with Gasteiger partial charge in [0.2, 0.25) is 5.91 Å². The molecule has 0 atom stereocenters. The zero-order valence-electron chi connectivity index (χ0n) is 14.8. The third-order valence-electron chi connectivity index (χ3n) is 4.26. The van der Waals surface area contributed by atoms with E-state index in [4.69, 9.17) is 4.74 Å². The average molecular weight is 355 g/mol. The molecule has 0 bridgehead atoms. The van der Waals surface area contributed by atoms with E-state index in [1.54, 1.807) is 0 Å². The van der Waals surface area contributed by atoms with Crippen LogP contribution >= 0.6 is 12.4 Å². The van der Waals surface area contributed by atoms with Gasteiger partial charge in [-0.15, -0.1) is 12.4 Å². The van der Waals surface area contributed by atoms with Crippen LogP contribution in [0.15, 0.2) is 24.3 Å². The first-order chi connectivity index (χ1) is 11.1. The molecule has 1 saturated heterocycles. The van der Waals surface area contributed by atoms with Crippen LogP contribution < -0.4 is 15.4 Å². The number of rotatable bonds is 8. The molecule has 0 aromatic heterocycles. The zero-order chi connectivity index (χ0) is 16.5. The predicted octanol–water partition coefficient (Wildman–Crippen LogP) is 3.54. The summed E-state index contributed by atoms with van der Waals surface area (Å²) < 4.78 is 5.83. The predicted molar refractivity (Wildman–Crippen MR) is 101 cm³/mol. The Balaban J connectivity index is 0.00000288. The van der Waals surface area contributed by atoms with E-state index in [-0.39, 0.29) is 18.3 Å². The van der Waals surface area contributed by atoms with Gasteiger partial charge < -0.3 is 15.4 Å². The fourth-order valence-corrected chi connectivity index (χ4v) is 2.83. The first-order valence-electron chi connectivity index (χ1n) is 8.83. The summed E-state index contributed by atoms with van der Waals surface area (Å²) in [7, 11) is 0. The van der Waals surface area contributed by atoms with Crippen molar-refractivity contribution in [3.8, 4) is 5.75 Å². The molecule has 1 fully saturated rings. The van der Waals surface area contributed by atoms with Gasteiger partial charge in [0.15, 0.2) is 0 Å². The molecule has 1 heterocycles. The topological polar surface area (TPSA) is 50.4 Å². The van der Waals surface area contributed by atoms with Gasteiger partial charge in [0.1, 0.15) is 5.75 Å². The summed E-state index contributed by atoms with van der Waals surface area (Å²) in [4.78, 5) is 12.1. The minimum atomic E-state index is 0. The van der Waals surface area contributed by atoms with Crippen molar-refractivity contribution < 1.29 is 9.53 Å². The maximum atomic E-state index is 12.1. The highest BCUT2D eigenvalue weighted by Crippen LogP contribution is 2.19. The number of hydrogen-bond acceptors (Lipinski definition) is 3. The molecule has 0 radical (unpaired) electrons. The van der Waals surface area contributed by atoms with Crippen LogP contribution in [0, 0.1) is 11.8 Å². The lowest BCUT2D eigenvalue weighted by Crippen LogP contribution is -2.29. The van der Waals surface area contributed by atoms with Crippen molar-refractivity contribution in [1.29, 1.82) is 0 Å². The lowest BCUT2D eigenvalue weighted by Gasteiger charge is -2.22. The van der Waals surface area contributed by atoms with Crippen LogP contribution in [0.2, 0.25) is 0 Å². The molecule has 2 rings (SSSR count). The lowest BCUT2D eigenvalue weighted by atomic mass is 9.93. The largest absolute Gasteiger partial charge is 0.493 e. The van der Waals surface area contributed by atoms with Crippen molar-refractivity contribution in [3.63, 3.8) is 0 Å². The van der Waals surface area contributed by atoms with Crippen molar-refractivity contribution >= 4 is 18.3 Å². The maximum Gasteiger partial charge on any atom is 0.220 e. The molecule has 5 heteroatoms. The third-order valence-corrected chi connectivity index (χ3v) is 4.26. The summed E-state index contributed by atoms with van der Waals surface area (Å²) in [6.45, 7) is 7.68. The van der Waals surface area contributed by atoms with Gasteiger partial charge in [-0.1, -0.05) is 32.0 Å². The summed E-state index contributed by atoms with van der Waals surface area (Å²) in [6.07, 6.45) is 4.01. The van der Waals surface area contributed by atoms with Gasteiger partial charge in [-0.2, -0.15) is 0 Å². The minimum absolute atomic E-state index is 0. The summed E-state index contributed by atoms with van der Waals surface area (Å²) in [5.41, 5.74) is 1.04. The Morgan fingerprint density at radius 2 is 2.00 bits per heavy atom. The summed E-state index contributed by atoms with van der Waals surface area (Å²) >= 11 is 0. The number of ether oxygens (including phenoxy) is 1. The van der Waals surface area contributed by atoms with Crippen molar-refractivity contribution in [2.45, 2.75) is 46.1 Å². The number of carbonyl (C=O) groups is 1. The van der Waals surface area contributed by atoms with Gasteiger partial charge in [0.25, 0.3) is 0 Å². The second-order valence-corrected chi connectivity index (χ2v) is 6.82. The highest BCUT2D eigenvalue weighted by molar-refractivity contribution is 5.85. The second kappa shape index (κ2) is 11.3. The molecule has 0 spiro atoms. The molecule has 2 N–H and O–H groups in total. The Morgan fingerprint density at radius 1 is 1.29 bits per heavy atom. The number of nitrogens with one attached hydrogen (secondary N) is 2. The molecule has 1 aliphatic heterocycles. The van der Waals surface area contributed by atoms with E-state index < -0.39 is 0 Å². The van der Waals surface area contributed by atoms with E-state index in [1.807, 2.05) is 24.3 Å². The van der Waals surface area contributed by atoms with Crippen LogP contribution in [-0.2, 0) is 11.3 Å². The second-order valence-electron chi connectivity index (χ2n) is 6.82. The molecule has 4 nitrogen and oxygen atoms in total. The number of benzene rings is 1. The SMILES string of the molecule is CC(C)COc1ccccc1CNC(=O)CCC1CCNCC1.Cl. The average Bonchev–Trinajstić information content (AvgIpc) is 2.58. The number of halogens is 1. The van der Waals surface area contributed by atoms with E-state index in [2.05, 4.69) is 24.5 Å². The minimum Gasteiger partial charge on any atom is -0.493 e. The van der Waals surface area contributed by atoms with Crippen LogP contribution in [0.25, 0.3) is 0 Å². The highest BCUT2D eigenvalue weighted by atomic mass is 35.5. The summed E-state index contributed by atoms with van der Waals surface area (Å²) in [5, 5.41) is 6.39. The molecule has 136 valence electrons. The Bertz CT molecular complexity index is 488. The number of amides is 1. The van der Waals surface area contributed by atoms with Gasteiger partial charge in [0, 0.05) is 18.5 Å². The van der Waals surface area contributed by atoms with E-state index in [1.165, 1.54) is 12.8 Å². The number of para-hydroxylation sites is 1. The van der Waals surface area contributed by atoms with Gasteiger partial charge in [0.05, 0.1) is 6.61 Å². The normalized spacial score (nSPS) is 15.0. The number of carbonyl (C=O) groups excluding carboxylic acids is 1. The Morgan fingerprint density at radius 3 is 2.71 bits per heavy atom. The van der Waals surface area contributed by atoms with Crippen LogP contribution in [0.3, 0.4) is 0 Å². The van der Waals surface area contributed by atoms with E-state index in [9.17, 15) is 4.79 Å². The molecule has 1 aliphatic rings. The van der Waals surface area contributed by atoms with Gasteiger partial charge in [-0.05, 0) is 50.3 Å². The fraction of sp³-hybridized carbons (Fsp3) is 0.632. The quantitative estimate of drug-likeness (QED) is 0.750. The molecule has 1 amide bonds. The highest BCUT2D eigenvalue weighted by Gasteiger charge is 2.14. The van der Waals surface area contributed by atoms with Crippen molar-refractivity contribution in [2.75, 3.05) is 19.7 Å². The van der Waals surface area contributed by atoms with Gasteiger partial charge in [-0.3, -0.25) is 4.79 Å². The van der Waals surface area contributed by atoms with E-state index in [0.717, 1.165) is 30.8 Å². The number of hydrogen-bond donors (Lipinski definition) is 2. The third kappa shape index (κ3) is 7.54. The Kier molecular flexibility index (Phi) is 9.80. The van der Waals surface area contributed by atoms with E-state index >= 15 is 0 Å². The molecule has 1 aromatic rings. The summed E-state index contributed by atoms with van der Waals surface area (Å²) in [6, 6.07) is 7.94. The van der Waals surface area contributed by atoms with E-state index in [0.29, 0.717) is 31.4 Å². The molecule has 24 heavy (non-hydrogen) atoms. The maximum absolute atomic E-state index is 12.1. The van der Waals surface area contributed by atoms with Crippen molar-refractivity contribution in [2.24, 2.45) is 11.8 Å². The molecule has 0 saturated carbocycles. The first-order valence-corrected chi connectivity index (χ1v) is 8.83. The lowest BCUT2D eigenvalue weighted by molar-refractivity contribution is -0.121. The van der Waals surface area contributed by atoms with Crippen LogP contribution in [0.4, 0.5) is 0 Å². The molecular weight excluding hydrogens is 324 g/mol. The van der Waals surface area contributed by atoms with Crippen LogP contribution in [-0.4, -0.2) is 25.6 Å². The number of piperidine rings is 1. The monoisotopic (exact) mass is 354 g/mol. The smallest absolute Gasteiger partial charge is 0.220 e. The molecular formula is C19H31ClN2O2. The van der Waals surface area contributed by atoms with Crippen LogP contribution in [0.1, 0.15) is 45.1 Å². The van der Waals surface area contributed by atoms with Gasteiger partial charge >= 0.3 is 0 Å². The van der Waals surface area contributed by atoms with Crippen molar-refractivity contribution in [3.05, 3.63) is 29.8 Å². The Hall–Kier alpha value is -1.26. The Labute approximate surface area is 152 Å². The zero-order valence-corrected chi connectivity index (χ0v) is 15.7. The standard InChI is InChI=1S/C19H30N2O2.ClH/c1-15(2)14-23-18-6-4-3-5-17(18)13-21-19(22)8-7-16-9-11-20-12-10-16;/h3-6,15-16,20H,7-14H2,1-2H3,(H,21,22);1H. The van der Waals surface area contributed by atoms with Gasteiger partial charge in [-0.25, -0.2) is 0 Å². The molecule has 0 aliphatic carbocycles. The van der Waals surface area contributed by atoms with Crippen molar-refractivity contribution in [1.82, 2.24) is 10.6 Å². The first kappa shape index (κ1) is 20.8. The molecule has 1 aromatic carbocycles. The van der Waals surface area contributed by atoms with Crippen LogP contribution in [0.5, 0.6) is 5.75 Å². The fourth-order valence-electron chi connectivity index (χ4n) is 2.83. The molecule has 0 unspecified atom stereocenters. The summed E-state index contributed by atoms with van der Waals surface area (Å²) in [5.74, 6) is 2.20.